The lowest BCUT2D eigenvalue weighted by Gasteiger charge is -2.35. The van der Waals surface area contributed by atoms with Crippen LogP contribution in [0.3, 0.4) is 0 Å². The van der Waals surface area contributed by atoms with Crippen molar-refractivity contribution in [1.29, 1.82) is 0 Å². The van der Waals surface area contributed by atoms with Gasteiger partial charge >= 0.3 is 0 Å². The van der Waals surface area contributed by atoms with Gasteiger partial charge in [-0.05, 0) is 44.0 Å². The molecule has 1 saturated heterocycles. The van der Waals surface area contributed by atoms with Gasteiger partial charge in [-0.25, -0.2) is 4.39 Å². The molecule has 1 amide bonds. The lowest BCUT2D eigenvalue weighted by molar-refractivity contribution is -0.123. The van der Waals surface area contributed by atoms with Gasteiger partial charge in [0.25, 0.3) is 0 Å². The van der Waals surface area contributed by atoms with Gasteiger partial charge < -0.3 is 5.32 Å². The minimum atomic E-state index is -0.213. The van der Waals surface area contributed by atoms with Crippen LogP contribution in [-0.4, -0.2) is 30.4 Å². The molecule has 1 aliphatic rings. The zero-order valence-electron chi connectivity index (χ0n) is 11.4. The number of piperidine rings is 1. The summed E-state index contributed by atoms with van der Waals surface area (Å²) in [5.74, 6) is -0.147. The van der Waals surface area contributed by atoms with Crippen LogP contribution in [0, 0.1) is 5.82 Å². The molecule has 1 aliphatic heterocycles. The lowest BCUT2D eigenvalue weighted by atomic mass is 9.95. The smallest absolute Gasteiger partial charge is 0.234 e. The third kappa shape index (κ3) is 3.77. The van der Waals surface area contributed by atoms with Gasteiger partial charge in [-0.2, -0.15) is 0 Å². The number of likely N-dealkylation sites (tertiary alicyclic amines) is 1. The van der Waals surface area contributed by atoms with Crippen molar-refractivity contribution in [2.24, 2.45) is 0 Å². The molecule has 3 nitrogen and oxygen atoms in total. The van der Waals surface area contributed by atoms with Crippen LogP contribution in [0.25, 0.3) is 0 Å². The van der Waals surface area contributed by atoms with E-state index in [1.54, 1.807) is 0 Å². The molecule has 1 N–H and O–H groups in total. The predicted molar refractivity (Wildman–Crippen MR) is 73.2 cm³/mol. The number of rotatable bonds is 4. The molecule has 19 heavy (non-hydrogen) atoms. The standard InChI is InChI=1S/C15H21FN2O/c1-2-17-15(19)11-18-10-4-3-5-14(18)12-6-8-13(16)9-7-12/h6-9,14H,2-5,10-11H2,1H3,(H,17,19). The average Bonchev–Trinajstić information content (AvgIpc) is 2.41. The summed E-state index contributed by atoms with van der Waals surface area (Å²) in [7, 11) is 0. The molecule has 1 fully saturated rings. The predicted octanol–water partition coefficient (Wildman–Crippen LogP) is 2.49. The van der Waals surface area contributed by atoms with Gasteiger partial charge in [0, 0.05) is 12.6 Å². The van der Waals surface area contributed by atoms with Crippen molar-refractivity contribution < 1.29 is 9.18 Å². The maximum atomic E-state index is 13.0. The summed E-state index contributed by atoms with van der Waals surface area (Å²) in [5.41, 5.74) is 1.10. The Kier molecular flexibility index (Phi) is 4.91. The van der Waals surface area contributed by atoms with Crippen molar-refractivity contribution >= 4 is 5.91 Å². The van der Waals surface area contributed by atoms with Crippen LogP contribution in [0.4, 0.5) is 4.39 Å². The maximum absolute atomic E-state index is 13.0. The summed E-state index contributed by atoms with van der Waals surface area (Å²) >= 11 is 0. The number of carbonyl (C=O) groups is 1. The minimum absolute atomic E-state index is 0.0662. The Bertz CT molecular complexity index is 419. The number of nitrogens with zero attached hydrogens (tertiary/aromatic N) is 1. The fourth-order valence-electron chi connectivity index (χ4n) is 2.68. The molecule has 0 aromatic heterocycles. The number of hydrogen-bond donors (Lipinski definition) is 1. The van der Waals surface area contributed by atoms with Crippen molar-refractivity contribution in [1.82, 2.24) is 10.2 Å². The Morgan fingerprint density at radius 2 is 2.11 bits per heavy atom. The second-order valence-electron chi connectivity index (χ2n) is 4.99. The number of halogens is 1. The summed E-state index contributed by atoms with van der Waals surface area (Å²) in [5, 5.41) is 2.83. The number of amides is 1. The molecule has 0 radical (unpaired) electrons. The molecular weight excluding hydrogens is 243 g/mol. The van der Waals surface area contributed by atoms with Crippen molar-refractivity contribution in [3.05, 3.63) is 35.6 Å². The quantitative estimate of drug-likeness (QED) is 0.906. The van der Waals surface area contributed by atoms with E-state index in [0.717, 1.165) is 31.4 Å². The second-order valence-corrected chi connectivity index (χ2v) is 4.99. The highest BCUT2D eigenvalue weighted by Gasteiger charge is 2.25. The van der Waals surface area contributed by atoms with Gasteiger partial charge in [-0.15, -0.1) is 0 Å². The van der Waals surface area contributed by atoms with Gasteiger partial charge in [-0.1, -0.05) is 18.6 Å². The van der Waals surface area contributed by atoms with E-state index < -0.39 is 0 Å². The number of hydrogen-bond acceptors (Lipinski definition) is 2. The van der Waals surface area contributed by atoms with Gasteiger partial charge in [-0.3, -0.25) is 9.69 Å². The first-order valence-corrected chi connectivity index (χ1v) is 6.97. The van der Waals surface area contributed by atoms with Crippen LogP contribution in [0.15, 0.2) is 24.3 Å². The molecule has 1 unspecified atom stereocenters. The van der Waals surface area contributed by atoms with Crippen molar-refractivity contribution in [2.75, 3.05) is 19.6 Å². The van der Waals surface area contributed by atoms with Crippen LogP contribution in [-0.2, 0) is 4.79 Å². The van der Waals surface area contributed by atoms with Gasteiger partial charge in [0.1, 0.15) is 5.82 Å². The highest BCUT2D eigenvalue weighted by molar-refractivity contribution is 5.78. The molecule has 1 atom stereocenters. The summed E-state index contributed by atoms with van der Waals surface area (Å²) in [6.07, 6.45) is 3.32. The molecular formula is C15H21FN2O. The largest absolute Gasteiger partial charge is 0.355 e. The monoisotopic (exact) mass is 264 g/mol. The molecule has 0 aliphatic carbocycles. The zero-order chi connectivity index (χ0) is 13.7. The molecule has 2 rings (SSSR count). The van der Waals surface area contributed by atoms with Crippen LogP contribution in [0.1, 0.15) is 37.8 Å². The van der Waals surface area contributed by atoms with E-state index in [1.165, 1.54) is 12.1 Å². The molecule has 0 bridgehead atoms. The van der Waals surface area contributed by atoms with E-state index >= 15 is 0 Å². The van der Waals surface area contributed by atoms with Crippen molar-refractivity contribution in [2.45, 2.75) is 32.2 Å². The fourth-order valence-corrected chi connectivity index (χ4v) is 2.68. The van der Waals surface area contributed by atoms with Gasteiger partial charge in [0.05, 0.1) is 6.54 Å². The van der Waals surface area contributed by atoms with Gasteiger partial charge in [0.15, 0.2) is 0 Å². The molecule has 1 aromatic rings. The Hall–Kier alpha value is -1.42. The van der Waals surface area contributed by atoms with E-state index in [2.05, 4.69) is 10.2 Å². The summed E-state index contributed by atoms with van der Waals surface area (Å²) < 4.78 is 13.0. The van der Waals surface area contributed by atoms with E-state index in [0.29, 0.717) is 13.1 Å². The third-order valence-electron chi connectivity index (χ3n) is 3.59. The fraction of sp³-hybridized carbons (Fsp3) is 0.533. The molecule has 1 heterocycles. The number of carbonyl (C=O) groups excluding carboxylic acids is 1. The second kappa shape index (κ2) is 6.66. The van der Waals surface area contributed by atoms with Crippen LogP contribution < -0.4 is 5.32 Å². The molecule has 104 valence electrons. The van der Waals surface area contributed by atoms with Crippen molar-refractivity contribution in [3.63, 3.8) is 0 Å². The SMILES string of the molecule is CCNC(=O)CN1CCCCC1c1ccc(F)cc1. The summed E-state index contributed by atoms with van der Waals surface area (Å²) in [6, 6.07) is 6.88. The first kappa shape index (κ1) is 14.0. The van der Waals surface area contributed by atoms with E-state index in [-0.39, 0.29) is 17.8 Å². The topological polar surface area (TPSA) is 32.3 Å². The summed E-state index contributed by atoms with van der Waals surface area (Å²) in [4.78, 5) is 13.9. The Morgan fingerprint density at radius 1 is 1.37 bits per heavy atom. The van der Waals surface area contributed by atoms with E-state index in [1.807, 2.05) is 19.1 Å². The maximum Gasteiger partial charge on any atom is 0.234 e. The summed E-state index contributed by atoms with van der Waals surface area (Å²) in [6.45, 7) is 3.94. The van der Waals surface area contributed by atoms with Gasteiger partial charge in [0.2, 0.25) is 5.91 Å². The lowest BCUT2D eigenvalue weighted by Crippen LogP contribution is -2.41. The first-order chi connectivity index (χ1) is 9.20. The van der Waals surface area contributed by atoms with Crippen LogP contribution in [0.5, 0.6) is 0 Å². The molecule has 4 heteroatoms. The van der Waals surface area contributed by atoms with E-state index in [9.17, 15) is 9.18 Å². The number of benzene rings is 1. The first-order valence-electron chi connectivity index (χ1n) is 6.97. The average molecular weight is 264 g/mol. The van der Waals surface area contributed by atoms with Crippen molar-refractivity contribution in [3.8, 4) is 0 Å². The Balaban J connectivity index is 2.07. The highest BCUT2D eigenvalue weighted by Crippen LogP contribution is 2.30. The van der Waals surface area contributed by atoms with Crippen LogP contribution >= 0.6 is 0 Å². The molecule has 0 spiro atoms. The van der Waals surface area contributed by atoms with Crippen LogP contribution in [0.2, 0.25) is 0 Å². The zero-order valence-corrected chi connectivity index (χ0v) is 11.4. The minimum Gasteiger partial charge on any atom is -0.355 e. The molecule has 1 aromatic carbocycles. The Morgan fingerprint density at radius 3 is 2.79 bits per heavy atom. The normalized spacial score (nSPS) is 20.2. The highest BCUT2D eigenvalue weighted by atomic mass is 19.1. The van der Waals surface area contributed by atoms with E-state index in [4.69, 9.17) is 0 Å². The molecule has 0 saturated carbocycles. The number of likely N-dealkylation sites (N-methyl/N-ethyl adjacent to an activating group) is 1. The Labute approximate surface area is 113 Å². The number of nitrogens with one attached hydrogen (secondary N) is 1. The third-order valence-corrected chi connectivity index (χ3v) is 3.59.